The lowest BCUT2D eigenvalue weighted by molar-refractivity contribution is -0.0419. The minimum Gasteiger partial charge on any atom is -0.459 e. The van der Waals surface area contributed by atoms with Gasteiger partial charge in [0.2, 0.25) is 5.82 Å². The third-order valence-corrected chi connectivity index (χ3v) is 5.88. The minimum atomic E-state index is -0.779. The number of esters is 1. The van der Waals surface area contributed by atoms with Gasteiger partial charge in [-0.2, -0.15) is 4.80 Å². The van der Waals surface area contributed by atoms with Crippen molar-refractivity contribution in [2.75, 3.05) is 6.61 Å². The SMILES string of the molecule is Cc1cn([C@@H]2C[C@@H](n3nnc(-c4ccc(F)cc4)n3)[C@@H](COC(=O)c3ccccc3)O2)c(=O)[nH]c1=O. The summed E-state index contributed by atoms with van der Waals surface area (Å²) >= 11 is 0. The first-order valence-corrected chi connectivity index (χ1v) is 11.1. The number of nitrogens with zero attached hydrogens (tertiary/aromatic N) is 5. The van der Waals surface area contributed by atoms with Crippen LogP contribution in [0.3, 0.4) is 0 Å². The maximum atomic E-state index is 13.3. The summed E-state index contributed by atoms with van der Waals surface area (Å²) in [4.78, 5) is 40.4. The van der Waals surface area contributed by atoms with Gasteiger partial charge in [0.15, 0.2) is 0 Å². The molecule has 0 saturated carbocycles. The Labute approximate surface area is 203 Å². The van der Waals surface area contributed by atoms with Crippen molar-refractivity contribution in [3.63, 3.8) is 0 Å². The number of benzene rings is 2. The minimum absolute atomic E-state index is 0.139. The molecule has 3 atom stereocenters. The molecule has 36 heavy (non-hydrogen) atoms. The van der Waals surface area contributed by atoms with E-state index in [2.05, 4.69) is 20.4 Å². The summed E-state index contributed by atoms with van der Waals surface area (Å²) in [5, 5.41) is 12.6. The van der Waals surface area contributed by atoms with Gasteiger partial charge in [0.1, 0.15) is 30.8 Å². The Balaban J connectivity index is 1.42. The fourth-order valence-electron chi connectivity index (χ4n) is 3.97. The molecule has 12 heteroatoms. The van der Waals surface area contributed by atoms with Crippen LogP contribution < -0.4 is 11.2 Å². The van der Waals surface area contributed by atoms with Gasteiger partial charge in [-0.1, -0.05) is 18.2 Å². The summed E-state index contributed by atoms with van der Waals surface area (Å²) in [6.45, 7) is 1.44. The maximum Gasteiger partial charge on any atom is 0.338 e. The van der Waals surface area contributed by atoms with Crippen molar-refractivity contribution in [3.8, 4) is 11.4 Å². The first kappa shape index (κ1) is 23.3. The number of aromatic amines is 1. The molecule has 4 aromatic rings. The van der Waals surface area contributed by atoms with Crippen molar-refractivity contribution < 1.29 is 18.7 Å². The molecule has 1 aliphatic heterocycles. The molecule has 2 aromatic heterocycles. The second kappa shape index (κ2) is 9.66. The lowest BCUT2D eigenvalue weighted by atomic mass is 10.1. The Kier molecular flexibility index (Phi) is 6.25. The molecule has 1 saturated heterocycles. The van der Waals surface area contributed by atoms with E-state index >= 15 is 0 Å². The van der Waals surface area contributed by atoms with Gasteiger partial charge in [0.25, 0.3) is 5.56 Å². The molecule has 3 heterocycles. The molecular formula is C24H21FN6O5. The van der Waals surface area contributed by atoms with Gasteiger partial charge >= 0.3 is 11.7 Å². The van der Waals surface area contributed by atoms with Gasteiger partial charge in [-0.3, -0.25) is 14.3 Å². The molecule has 11 nitrogen and oxygen atoms in total. The number of aryl methyl sites for hydroxylation is 1. The lowest BCUT2D eigenvalue weighted by Gasteiger charge is -2.17. The zero-order valence-corrected chi connectivity index (χ0v) is 19.1. The fourth-order valence-corrected chi connectivity index (χ4v) is 3.97. The third kappa shape index (κ3) is 4.70. The van der Waals surface area contributed by atoms with Gasteiger partial charge in [0, 0.05) is 23.7 Å². The lowest BCUT2D eigenvalue weighted by Crippen LogP contribution is -2.33. The third-order valence-electron chi connectivity index (χ3n) is 5.88. The quantitative estimate of drug-likeness (QED) is 0.404. The second-order valence-corrected chi connectivity index (χ2v) is 8.32. The molecule has 1 aliphatic rings. The zero-order valence-electron chi connectivity index (χ0n) is 19.1. The molecule has 1 fully saturated rings. The Morgan fingerprint density at radius 1 is 1.17 bits per heavy atom. The molecule has 0 bridgehead atoms. The number of nitrogens with one attached hydrogen (secondary N) is 1. The largest absolute Gasteiger partial charge is 0.459 e. The van der Waals surface area contributed by atoms with E-state index in [0.717, 1.165) is 0 Å². The number of ether oxygens (including phenoxy) is 2. The fraction of sp³-hybridized carbons (Fsp3) is 0.250. The van der Waals surface area contributed by atoms with Gasteiger partial charge in [-0.25, -0.2) is 14.0 Å². The molecule has 0 radical (unpaired) electrons. The number of tetrazole rings is 1. The summed E-state index contributed by atoms with van der Waals surface area (Å²) in [6, 6.07) is 13.6. The standard InChI is InChI=1S/C24H21FN6O5/c1-14-12-30(24(34)26-22(14)32)20-11-18(19(36-20)13-35-23(33)16-5-3-2-4-6-16)31-28-21(27-29-31)15-7-9-17(25)10-8-15/h2-10,12,18-20H,11,13H2,1H3,(H,26,32,34)/t18-,19-,20+/m1/s1. The zero-order chi connectivity index (χ0) is 25.2. The number of H-pyrrole nitrogens is 1. The van der Waals surface area contributed by atoms with E-state index in [1.807, 2.05) is 0 Å². The monoisotopic (exact) mass is 492 g/mol. The number of carbonyl (C=O) groups is 1. The molecule has 0 spiro atoms. The highest BCUT2D eigenvalue weighted by Crippen LogP contribution is 2.36. The Bertz CT molecular complexity index is 1500. The van der Waals surface area contributed by atoms with Crippen LogP contribution in [0, 0.1) is 12.7 Å². The second-order valence-electron chi connectivity index (χ2n) is 8.32. The summed E-state index contributed by atoms with van der Waals surface area (Å²) in [7, 11) is 0. The van der Waals surface area contributed by atoms with E-state index in [4.69, 9.17) is 9.47 Å². The van der Waals surface area contributed by atoms with Crippen LogP contribution in [0.25, 0.3) is 11.4 Å². The number of halogens is 1. The predicted octanol–water partition coefficient (Wildman–Crippen LogP) is 2.02. The summed E-state index contributed by atoms with van der Waals surface area (Å²) in [5.74, 6) is -0.646. The Morgan fingerprint density at radius 3 is 2.67 bits per heavy atom. The number of carbonyl (C=O) groups excluding carboxylic acids is 1. The van der Waals surface area contributed by atoms with Crippen molar-refractivity contribution in [1.82, 2.24) is 29.8 Å². The summed E-state index contributed by atoms with van der Waals surface area (Å²) in [6.07, 6.45) is 0.147. The van der Waals surface area contributed by atoms with Crippen LogP contribution in [0.2, 0.25) is 0 Å². The predicted molar refractivity (Wildman–Crippen MR) is 124 cm³/mol. The van der Waals surface area contributed by atoms with Crippen molar-refractivity contribution in [3.05, 3.63) is 98.6 Å². The van der Waals surface area contributed by atoms with E-state index in [-0.39, 0.29) is 24.7 Å². The maximum absolute atomic E-state index is 13.3. The summed E-state index contributed by atoms with van der Waals surface area (Å²) in [5.41, 5.74) is 0.174. The van der Waals surface area contributed by atoms with Crippen molar-refractivity contribution >= 4 is 5.97 Å². The van der Waals surface area contributed by atoms with Crippen LogP contribution in [0.5, 0.6) is 0 Å². The van der Waals surface area contributed by atoms with E-state index in [1.165, 1.54) is 39.8 Å². The molecule has 5 rings (SSSR count). The Morgan fingerprint density at radius 2 is 1.92 bits per heavy atom. The van der Waals surface area contributed by atoms with Crippen LogP contribution in [0.4, 0.5) is 4.39 Å². The molecule has 0 unspecified atom stereocenters. The average Bonchev–Trinajstić information content (AvgIpc) is 3.53. The van der Waals surface area contributed by atoms with Crippen LogP contribution in [-0.2, 0) is 9.47 Å². The number of aromatic nitrogens is 6. The van der Waals surface area contributed by atoms with Gasteiger partial charge < -0.3 is 9.47 Å². The molecule has 0 aliphatic carbocycles. The van der Waals surface area contributed by atoms with Crippen LogP contribution in [0.1, 0.15) is 34.6 Å². The first-order valence-electron chi connectivity index (χ1n) is 11.1. The molecule has 1 N–H and O–H groups in total. The van der Waals surface area contributed by atoms with E-state index in [1.54, 1.807) is 37.3 Å². The molecular weight excluding hydrogens is 471 g/mol. The van der Waals surface area contributed by atoms with E-state index < -0.39 is 35.6 Å². The first-order chi connectivity index (χ1) is 17.4. The van der Waals surface area contributed by atoms with Gasteiger partial charge in [-0.15, -0.1) is 10.2 Å². The smallest absolute Gasteiger partial charge is 0.338 e. The average molecular weight is 492 g/mol. The highest BCUT2D eigenvalue weighted by Gasteiger charge is 2.40. The summed E-state index contributed by atoms with van der Waals surface area (Å²) < 4.78 is 26.2. The highest BCUT2D eigenvalue weighted by molar-refractivity contribution is 5.89. The number of hydrogen-bond acceptors (Lipinski definition) is 8. The van der Waals surface area contributed by atoms with Crippen molar-refractivity contribution in [1.29, 1.82) is 0 Å². The Hall–Kier alpha value is -4.45. The van der Waals surface area contributed by atoms with Crippen LogP contribution >= 0.6 is 0 Å². The highest BCUT2D eigenvalue weighted by atomic mass is 19.1. The van der Waals surface area contributed by atoms with Crippen LogP contribution in [0.15, 0.2) is 70.4 Å². The normalized spacial score (nSPS) is 19.3. The topological polar surface area (TPSA) is 134 Å². The molecule has 184 valence electrons. The van der Waals surface area contributed by atoms with Gasteiger partial charge in [-0.05, 0) is 48.5 Å². The van der Waals surface area contributed by atoms with E-state index in [9.17, 15) is 18.8 Å². The van der Waals surface area contributed by atoms with Crippen molar-refractivity contribution in [2.24, 2.45) is 0 Å². The van der Waals surface area contributed by atoms with Crippen molar-refractivity contribution in [2.45, 2.75) is 31.7 Å². The molecule has 0 amide bonds. The number of hydrogen-bond donors (Lipinski definition) is 1. The van der Waals surface area contributed by atoms with E-state index in [0.29, 0.717) is 16.7 Å². The molecule has 2 aromatic carbocycles. The van der Waals surface area contributed by atoms with Crippen LogP contribution in [-0.4, -0.2) is 48.4 Å². The number of rotatable bonds is 6. The van der Waals surface area contributed by atoms with Gasteiger partial charge in [0.05, 0.1) is 5.56 Å².